The molecule has 2 aromatic rings. The van der Waals surface area contributed by atoms with Crippen molar-refractivity contribution in [2.75, 3.05) is 24.7 Å². The molecule has 0 aromatic heterocycles. The summed E-state index contributed by atoms with van der Waals surface area (Å²) in [4.78, 5) is 1.01. The standard InChI is InChI=1S/C16H18ClNO2S/c1-2-19-14-6-7-15(18)16(11-14)21-9-8-20-13-5-3-4-12(17)10-13/h3-7,10-11H,2,8-9,18H2,1H3. The molecule has 0 atom stereocenters. The van der Waals surface area contributed by atoms with Gasteiger partial charge in [0.2, 0.25) is 0 Å². The maximum atomic E-state index is 5.96. The number of hydrogen-bond donors (Lipinski definition) is 1. The highest BCUT2D eigenvalue weighted by Crippen LogP contribution is 2.29. The molecule has 0 fully saturated rings. The van der Waals surface area contributed by atoms with E-state index < -0.39 is 0 Å². The van der Waals surface area contributed by atoms with Crippen molar-refractivity contribution < 1.29 is 9.47 Å². The molecule has 2 N–H and O–H groups in total. The van der Waals surface area contributed by atoms with Crippen LogP contribution in [-0.2, 0) is 0 Å². The molecule has 0 saturated carbocycles. The summed E-state index contributed by atoms with van der Waals surface area (Å²) in [7, 11) is 0. The van der Waals surface area contributed by atoms with E-state index >= 15 is 0 Å². The summed E-state index contributed by atoms with van der Waals surface area (Å²) in [5.41, 5.74) is 6.72. The van der Waals surface area contributed by atoms with Crippen LogP contribution in [-0.4, -0.2) is 19.0 Å². The summed E-state index contributed by atoms with van der Waals surface area (Å²) in [6.45, 7) is 3.19. The van der Waals surface area contributed by atoms with E-state index in [1.807, 2.05) is 43.3 Å². The molecule has 0 unspecified atom stereocenters. The zero-order valence-electron chi connectivity index (χ0n) is 11.8. The monoisotopic (exact) mass is 323 g/mol. The van der Waals surface area contributed by atoms with Crippen LogP contribution < -0.4 is 15.2 Å². The van der Waals surface area contributed by atoms with Gasteiger partial charge in [0.25, 0.3) is 0 Å². The lowest BCUT2D eigenvalue weighted by Crippen LogP contribution is -2.01. The predicted octanol–water partition coefficient (Wildman–Crippen LogP) is 4.49. The molecule has 0 aliphatic rings. The Balaban J connectivity index is 1.84. The summed E-state index contributed by atoms with van der Waals surface area (Å²) in [5.74, 6) is 2.41. The molecule has 0 saturated heterocycles. The number of nitrogen functional groups attached to an aromatic ring is 1. The first-order valence-corrected chi connectivity index (χ1v) is 8.09. The SMILES string of the molecule is CCOc1ccc(N)c(SCCOc2cccc(Cl)c2)c1. The molecule has 5 heteroatoms. The van der Waals surface area contributed by atoms with E-state index in [-0.39, 0.29) is 0 Å². The van der Waals surface area contributed by atoms with Gasteiger partial charge in [-0.15, -0.1) is 11.8 Å². The fourth-order valence-electron chi connectivity index (χ4n) is 1.76. The van der Waals surface area contributed by atoms with Crippen molar-refractivity contribution in [3.05, 3.63) is 47.5 Å². The third-order valence-electron chi connectivity index (χ3n) is 2.70. The van der Waals surface area contributed by atoms with E-state index in [2.05, 4.69) is 0 Å². The fraction of sp³-hybridized carbons (Fsp3) is 0.250. The molecular formula is C16H18ClNO2S. The van der Waals surface area contributed by atoms with Crippen LogP contribution in [0.1, 0.15) is 6.92 Å². The van der Waals surface area contributed by atoms with Gasteiger partial charge in [-0.3, -0.25) is 0 Å². The topological polar surface area (TPSA) is 44.5 Å². The second kappa shape index (κ2) is 8.05. The Labute approximate surface area is 134 Å². The minimum absolute atomic E-state index is 0.587. The van der Waals surface area contributed by atoms with E-state index in [1.165, 1.54) is 0 Å². The lowest BCUT2D eigenvalue weighted by atomic mass is 10.3. The number of nitrogens with two attached hydrogens (primary N) is 1. The predicted molar refractivity (Wildman–Crippen MR) is 89.7 cm³/mol. The maximum Gasteiger partial charge on any atom is 0.120 e. The van der Waals surface area contributed by atoms with Crippen LogP contribution in [0.3, 0.4) is 0 Å². The smallest absolute Gasteiger partial charge is 0.120 e. The molecule has 2 rings (SSSR count). The molecule has 0 radical (unpaired) electrons. The number of halogens is 1. The van der Waals surface area contributed by atoms with E-state index in [0.717, 1.165) is 27.8 Å². The molecule has 2 aromatic carbocycles. The van der Waals surface area contributed by atoms with Crippen LogP contribution in [0.25, 0.3) is 0 Å². The largest absolute Gasteiger partial charge is 0.494 e. The van der Waals surface area contributed by atoms with Crippen LogP contribution in [0.15, 0.2) is 47.4 Å². The highest BCUT2D eigenvalue weighted by molar-refractivity contribution is 7.99. The lowest BCUT2D eigenvalue weighted by molar-refractivity contribution is 0.339. The maximum absolute atomic E-state index is 5.96. The van der Waals surface area contributed by atoms with Gasteiger partial charge >= 0.3 is 0 Å². The molecule has 0 heterocycles. The molecule has 0 aliphatic carbocycles. The van der Waals surface area contributed by atoms with Crippen molar-refractivity contribution in [2.24, 2.45) is 0 Å². The van der Waals surface area contributed by atoms with Gasteiger partial charge in [-0.1, -0.05) is 17.7 Å². The van der Waals surface area contributed by atoms with Crippen molar-refractivity contribution in [2.45, 2.75) is 11.8 Å². The van der Waals surface area contributed by atoms with Crippen molar-refractivity contribution >= 4 is 29.1 Å². The van der Waals surface area contributed by atoms with Gasteiger partial charge < -0.3 is 15.2 Å². The molecule has 3 nitrogen and oxygen atoms in total. The second-order valence-corrected chi connectivity index (χ2v) is 5.86. The quantitative estimate of drug-likeness (QED) is 0.463. The van der Waals surface area contributed by atoms with Crippen molar-refractivity contribution in [1.82, 2.24) is 0 Å². The molecule has 0 bridgehead atoms. The van der Waals surface area contributed by atoms with Gasteiger partial charge in [0.1, 0.15) is 11.5 Å². The minimum Gasteiger partial charge on any atom is -0.494 e. The van der Waals surface area contributed by atoms with Gasteiger partial charge in [0.15, 0.2) is 0 Å². The minimum atomic E-state index is 0.587. The van der Waals surface area contributed by atoms with E-state index in [0.29, 0.717) is 18.2 Å². The van der Waals surface area contributed by atoms with Crippen molar-refractivity contribution in [1.29, 1.82) is 0 Å². The number of ether oxygens (including phenoxy) is 2. The Morgan fingerprint density at radius 1 is 1.10 bits per heavy atom. The summed E-state index contributed by atoms with van der Waals surface area (Å²) in [6, 6.07) is 13.1. The average molecular weight is 324 g/mol. The van der Waals surface area contributed by atoms with Gasteiger partial charge in [-0.2, -0.15) is 0 Å². The normalized spacial score (nSPS) is 10.4. The Morgan fingerprint density at radius 3 is 2.67 bits per heavy atom. The summed E-state index contributed by atoms with van der Waals surface area (Å²) in [5, 5.41) is 0.675. The Kier molecular flexibility index (Phi) is 6.08. The molecule has 112 valence electrons. The number of benzene rings is 2. The first-order chi connectivity index (χ1) is 10.2. The lowest BCUT2D eigenvalue weighted by Gasteiger charge is -2.10. The van der Waals surface area contributed by atoms with Crippen molar-refractivity contribution in [3.63, 3.8) is 0 Å². The van der Waals surface area contributed by atoms with Gasteiger partial charge in [0.05, 0.1) is 13.2 Å². The first-order valence-electron chi connectivity index (χ1n) is 6.72. The zero-order valence-corrected chi connectivity index (χ0v) is 13.4. The number of hydrogen-bond acceptors (Lipinski definition) is 4. The Morgan fingerprint density at radius 2 is 1.90 bits per heavy atom. The van der Waals surface area contributed by atoms with E-state index in [9.17, 15) is 0 Å². The molecule has 0 spiro atoms. The van der Waals surface area contributed by atoms with Crippen LogP contribution in [0.2, 0.25) is 5.02 Å². The number of thioether (sulfide) groups is 1. The third kappa shape index (κ3) is 5.06. The van der Waals surface area contributed by atoms with E-state index in [1.54, 1.807) is 17.8 Å². The van der Waals surface area contributed by atoms with Crippen LogP contribution in [0, 0.1) is 0 Å². The summed E-state index contributed by atoms with van der Waals surface area (Å²) < 4.78 is 11.1. The fourth-order valence-corrected chi connectivity index (χ4v) is 2.77. The van der Waals surface area contributed by atoms with Crippen LogP contribution in [0.4, 0.5) is 5.69 Å². The highest BCUT2D eigenvalue weighted by atomic mass is 35.5. The Bertz CT molecular complexity index is 592. The molecular weight excluding hydrogens is 306 g/mol. The summed E-state index contributed by atoms with van der Waals surface area (Å²) >= 11 is 7.55. The van der Waals surface area contributed by atoms with E-state index in [4.69, 9.17) is 26.8 Å². The first kappa shape index (κ1) is 15.9. The number of rotatable bonds is 7. The van der Waals surface area contributed by atoms with Crippen LogP contribution >= 0.6 is 23.4 Å². The molecule has 21 heavy (non-hydrogen) atoms. The average Bonchev–Trinajstić information content (AvgIpc) is 2.47. The van der Waals surface area contributed by atoms with Gasteiger partial charge in [-0.25, -0.2) is 0 Å². The Hall–Kier alpha value is -1.52. The number of anilines is 1. The van der Waals surface area contributed by atoms with Crippen molar-refractivity contribution in [3.8, 4) is 11.5 Å². The second-order valence-electron chi connectivity index (χ2n) is 4.29. The van der Waals surface area contributed by atoms with Gasteiger partial charge in [-0.05, 0) is 43.3 Å². The van der Waals surface area contributed by atoms with Crippen LogP contribution in [0.5, 0.6) is 11.5 Å². The molecule has 0 aliphatic heterocycles. The highest BCUT2D eigenvalue weighted by Gasteiger charge is 2.03. The summed E-state index contributed by atoms with van der Waals surface area (Å²) in [6.07, 6.45) is 0. The molecule has 0 amide bonds. The third-order valence-corrected chi connectivity index (χ3v) is 3.97. The zero-order chi connectivity index (χ0) is 15.1. The van der Waals surface area contributed by atoms with Gasteiger partial charge in [0, 0.05) is 21.4 Å².